The summed E-state index contributed by atoms with van der Waals surface area (Å²) >= 11 is 6.25. The van der Waals surface area contributed by atoms with Crippen molar-refractivity contribution in [3.05, 3.63) is 46.9 Å². The van der Waals surface area contributed by atoms with Crippen LogP contribution in [0.15, 0.2) is 35.1 Å². The lowest BCUT2D eigenvalue weighted by Gasteiger charge is -2.22. The minimum Gasteiger partial charge on any atom is -0.352 e. The Hall–Kier alpha value is -2.14. The normalized spacial score (nSPS) is 11.0. The van der Waals surface area contributed by atoms with E-state index in [0.29, 0.717) is 12.3 Å². The number of aryl methyl sites for hydroxylation is 1. The summed E-state index contributed by atoms with van der Waals surface area (Å²) in [6.07, 6.45) is 1.50. The number of aromatic nitrogens is 3. The van der Waals surface area contributed by atoms with Gasteiger partial charge in [0.2, 0.25) is 0 Å². The summed E-state index contributed by atoms with van der Waals surface area (Å²) in [6, 6.07) is 7.82. The second kappa shape index (κ2) is 5.69. The molecule has 0 amide bonds. The minimum absolute atomic E-state index is 0.509. The lowest BCUT2D eigenvalue weighted by Crippen LogP contribution is -2.23. The third-order valence-corrected chi connectivity index (χ3v) is 3.79. The molecule has 1 aromatic carbocycles. The van der Waals surface area contributed by atoms with Crippen LogP contribution in [0.4, 0.5) is 5.82 Å². The number of hydrogen-bond acceptors (Lipinski definition) is 5. The van der Waals surface area contributed by atoms with E-state index in [-0.39, 0.29) is 0 Å². The molecule has 2 aromatic heterocycles. The highest BCUT2D eigenvalue weighted by atomic mass is 35.5. The Balaban J connectivity index is 2.03. The first-order valence-electron chi connectivity index (χ1n) is 6.76. The summed E-state index contributed by atoms with van der Waals surface area (Å²) in [5, 5.41) is 5.57. The summed E-state index contributed by atoms with van der Waals surface area (Å²) in [5.74, 6) is 0.821. The Bertz CT molecular complexity index is 771. The lowest BCUT2D eigenvalue weighted by molar-refractivity contribution is 0.442. The largest absolute Gasteiger partial charge is 0.352 e. The van der Waals surface area contributed by atoms with Crippen molar-refractivity contribution < 1.29 is 4.52 Å². The first kappa shape index (κ1) is 13.8. The number of nitrogens with zero attached hydrogens (tertiary/aromatic N) is 4. The molecule has 6 heteroatoms. The number of anilines is 1. The highest BCUT2D eigenvalue weighted by Gasteiger charge is 2.17. The van der Waals surface area contributed by atoms with E-state index in [1.807, 2.05) is 31.2 Å². The molecule has 0 fully saturated rings. The standard InChI is InChI=1S/C15H15ClN4O/c1-3-20(8-11-6-4-5-7-12(11)16)14-13-10(2)19-21-15(13)18-9-17-14/h4-7,9H,3,8H2,1-2H3. The fourth-order valence-corrected chi connectivity index (χ4v) is 2.51. The van der Waals surface area contributed by atoms with Gasteiger partial charge in [0.1, 0.15) is 17.5 Å². The number of benzene rings is 1. The van der Waals surface area contributed by atoms with Gasteiger partial charge in [0.15, 0.2) is 0 Å². The minimum atomic E-state index is 0.509. The van der Waals surface area contributed by atoms with E-state index >= 15 is 0 Å². The molecule has 0 bridgehead atoms. The summed E-state index contributed by atoms with van der Waals surface area (Å²) in [4.78, 5) is 10.7. The van der Waals surface area contributed by atoms with Crippen molar-refractivity contribution in [2.75, 3.05) is 11.4 Å². The van der Waals surface area contributed by atoms with Gasteiger partial charge in [-0.15, -0.1) is 0 Å². The molecule has 21 heavy (non-hydrogen) atoms. The zero-order valence-electron chi connectivity index (χ0n) is 11.9. The number of halogens is 1. The third-order valence-electron chi connectivity index (χ3n) is 3.42. The zero-order chi connectivity index (χ0) is 14.8. The Kier molecular flexibility index (Phi) is 3.75. The Morgan fingerprint density at radius 2 is 2.05 bits per heavy atom. The molecule has 0 unspecified atom stereocenters. The molecule has 0 aliphatic carbocycles. The van der Waals surface area contributed by atoms with Gasteiger partial charge in [-0.05, 0) is 25.5 Å². The molecule has 0 aliphatic rings. The van der Waals surface area contributed by atoms with Crippen molar-refractivity contribution in [3.63, 3.8) is 0 Å². The molecule has 3 aromatic rings. The van der Waals surface area contributed by atoms with E-state index in [4.69, 9.17) is 16.1 Å². The molecule has 0 radical (unpaired) electrons. The van der Waals surface area contributed by atoms with E-state index in [0.717, 1.165) is 34.0 Å². The van der Waals surface area contributed by atoms with E-state index < -0.39 is 0 Å². The Labute approximate surface area is 127 Å². The summed E-state index contributed by atoms with van der Waals surface area (Å²) in [5.41, 5.74) is 2.36. The van der Waals surface area contributed by atoms with Crippen LogP contribution in [0.3, 0.4) is 0 Å². The fraction of sp³-hybridized carbons (Fsp3) is 0.267. The Morgan fingerprint density at radius 3 is 2.81 bits per heavy atom. The first-order chi connectivity index (χ1) is 10.2. The van der Waals surface area contributed by atoms with E-state index in [2.05, 4.69) is 26.9 Å². The van der Waals surface area contributed by atoms with Crippen LogP contribution < -0.4 is 4.90 Å². The number of hydrogen-bond donors (Lipinski definition) is 0. The van der Waals surface area contributed by atoms with E-state index in [9.17, 15) is 0 Å². The van der Waals surface area contributed by atoms with E-state index in [1.165, 1.54) is 6.33 Å². The van der Waals surface area contributed by atoms with Crippen molar-refractivity contribution in [1.82, 2.24) is 15.1 Å². The smallest absolute Gasteiger partial charge is 0.263 e. The predicted octanol–water partition coefficient (Wildman–Crippen LogP) is 3.61. The predicted molar refractivity (Wildman–Crippen MR) is 82.5 cm³/mol. The van der Waals surface area contributed by atoms with Crippen LogP contribution in [0.2, 0.25) is 5.02 Å². The van der Waals surface area contributed by atoms with Gasteiger partial charge in [-0.2, -0.15) is 4.98 Å². The van der Waals surface area contributed by atoms with Gasteiger partial charge in [0.25, 0.3) is 5.71 Å². The summed E-state index contributed by atoms with van der Waals surface area (Å²) in [6.45, 7) is 5.44. The van der Waals surface area contributed by atoms with Gasteiger partial charge in [-0.1, -0.05) is 35.0 Å². The molecule has 2 heterocycles. The van der Waals surface area contributed by atoms with Crippen molar-refractivity contribution in [3.8, 4) is 0 Å². The molecular weight excluding hydrogens is 288 g/mol. The van der Waals surface area contributed by atoms with Gasteiger partial charge in [-0.3, -0.25) is 0 Å². The van der Waals surface area contributed by atoms with Gasteiger partial charge in [0.05, 0.1) is 5.69 Å². The van der Waals surface area contributed by atoms with Crippen LogP contribution in [-0.2, 0) is 6.54 Å². The van der Waals surface area contributed by atoms with Crippen molar-refractivity contribution >= 4 is 28.5 Å². The third kappa shape index (κ3) is 2.56. The summed E-state index contributed by atoms with van der Waals surface area (Å²) in [7, 11) is 0. The average molecular weight is 303 g/mol. The quantitative estimate of drug-likeness (QED) is 0.737. The molecule has 0 saturated carbocycles. The monoisotopic (exact) mass is 302 g/mol. The zero-order valence-corrected chi connectivity index (χ0v) is 12.6. The first-order valence-corrected chi connectivity index (χ1v) is 7.13. The van der Waals surface area contributed by atoms with E-state index in [1.54, 1.807) is 0 Å². The second-order valence-corrected chi connectivity index (χ2v) is 5.16. The van der Waals surface area contributed by atoms with Gasteiger partial charge in [-0.25, -0.2) is 4.98 Å². The van der Waals surface area contributed by atoms with Crippen LogP contribution >= 0.6 is 11.6 Å². The number of rotatable bonds is 4. The van der Waals surface area contributed by atoms with Gasteiger partial charge in [0, 0.05) is 18.1 Å². The molecule has 0 N–H and O–H groups in total. The van der Waals surface area contributed by atoms with Crippen molar-refractivity contribution in [2.45, 2.75) is 20.4 Å². The highest BCUT2D eigenvalue weighted by Crippen LogP contribution is 2.28. The maximum Gasteiger partial charge on any atom is 0.263 e. The van der Waals surface area contributed by atoms with Gasteiger partial charge >= 0.3 is 0 Å². The Morgan fingerprint density at radius 1 is 1.24 bits per heavy atom. The molecule has 108 valence electrons. The van der Waals surface area contributed by atoms with Crippen molar-refractivity contribution in [2.24, 2.45) is 0 Å². The van der Waals surface area contributed by atoms with Crippen LogP contribution in [0, 0.1) is 6.92 Å². The van der Waals surface area contributed by atoms with Crippen LogP contribution in [-0.4, -0.2) is 21.7 Å². The average Bonchev–Trinajstić information content (AvgIpc) is 2.88. The second-order valence-electron chi connectivity index (χ2n) is 4.75. The highest BCUT2D eigenvalue weighted by molar-refractivity contribution is 6.31. The summed E-state index contributed by atoms with van der Waals surface area (Å²) < 4.78 is 5.20. The van der Waals surface area contributed by atoms with Crippen LogP contribution in [0.5, 0.6) is 0 Å². The maximum absolute atomic E-state index is 6.25. The molecule has 0 spiro atoms. The fourth-order valence-electron chi connectivity index (χ4n) is 2.31. The molecule has 5 nitrogen and oxygen atoms in total. The number of fused-ring (bicyclic) bond motifs is 1. The molecule has 0 saturated heterocycles. The van der Waals surface area contributed by atoms with Gasteiger partial charge < -0.3 is 9.42 Å². The maximum atomic E-state index is 6.25. The van der Waals surface area contributed by atoms with Crippen LogP contribution in [0.1, 0.15) is 18.2 Å². The lowest BCUT2D eigenvalue weighted by atomic mass is 10.2. The SMILES string of the molecule is CCN(Cc1ccccc1Cl)c1ncnc2onc(C)c12. The van der Waals surface area contributed by atoms with Crippen molar-refractivity contribution in [1.29, 1.82) is 0 Å². The molecular formula is C15H15ClN4O. The molecule has 3 rings (SSSR count). The molecule has 0 atom stereocenters. The topological polar surface area (TPSA) is 55.1 Å². The molecule has 0 aliphatic heterocycles. The van der Waals surface area contributed by atoms with Crippen LogP contribution in [0.25, 0.3) is 11.1 Å².